The van der Waals surface area contributed by atoms with E-state index in [-0.39, 0.29) is 10.8 Å². The molecular formula is C20H16N6O4S2. The summed E-state index contributed by atoms with van der Waals surface area (Å²) in [7, 11) is 0. The van der Waals surface area contributed by atoms with Crippen molar-refractivity contribution in [2.45, 2.75) is 13.8 Å². The predicted molar refractivity (Wildman–Crippen MR) is 125 cm³/mol. The summed E-state index contributed by atoms with van der Waals surface area (Å²) in [6.45, 7) is 3.61. The Morgan fingerprint density at radius 1 is 0.938 bits per heavy atom. The number of nitrogens with one attached hydrogen (secondary N) is 3. The Kier molecular flexibility index (Phi) is 5.79. The highest BCUT2D eigenvalue weighted by molar-refractivity contribution is 7.22. The number of nitro groups is 1. The maximum absolute atomic E-state index is 12.7. The predicted octanol–water partition coefficient (Wildman–Crippen LogP) is 5.17. The lowest BCUT2D eigenvalue weighted by atomic mass is 10.2. The van der Waals surface area contributed by atoms with Crippen molar-refractivity contribution in [3.8, 4) is 0 Å². The SMILES string of the molecule is Cc1ccc(NC(=O)Nc2nc(C)c(C(=O)Nc3nc4ccc([N+](=O)[O-])cc4s3)s2)cc1. The van der Waals surface area contributed by atoms with Crippen LogP contribution in [0.1, 0.15) is 20.9 Å². The van der Waals surface area contributed by atoms with Gasteiger partial charge >= 0.3 is 6.03 Å². The average Bonchev–Trinajstić information content (AvgIpc) is 3.31. The molecule has 0 aliphatic heterocycles. The van der Waals surface area contributed by atoms with Gasteiger partial charge in [0.1, 0.15) is 4.88 Å². The van der Waals surface area contributed by atoms with E-state index in [1.807, 2.05) is 19.1 Å². The molecule has 12 heteroatoms. The van der Waals surface area contributed by atoms with Gasteiger partial charge < -0.3 is 5.32 Å². The van der Waals surface area contributed by atoms with Gasteiger partial charge in [-0.1, -0.05) is 40.4 Å². The van der Waals surface area contributed by atoms with Gasteiger partial charge in [0.05, 0.1) is 20.8 Å². The van der Waals surface area contributed by atoms with E-state index in [4.69, 9.17) is 0 Å². The molecule has 0 aliphatic rings. The van der Waals surface area contributed by atoms with E-state index >= 15 is 0 Å². The second-order valence-corrected chi connectivity index (χ2v) is 8.79. The molecule has 2 aromatic heterocycles. The molecule has 0 fully saturated rings. The maximum atomic E-state index is 12.7. The van der Waals surface area contributed by atoms with Crippen LogP contribution in [0, 0.1) is 24.0 Å². The lowest BCUT2D eigenvalue weighted by Gasteiger charge is -2.05. The fourth-order valence-electron chi connectivity index (χ4n) is 2.79. The molecule has 0 unspecified atom stereocenters. The van der Waals surface area contributed by atoms with E-state index in [2.05, 4.69) is 25.9 Å². The van der Waals surface area contributed by atoms with Crippen LogP contribution in [-0.2, 0) is 0 Å². The van der Waals surface area contributed by atoms with E-state index in [9.17, 15) is 19.7 Å². The number of non-ortho nitro benzene ring substituents is 1. The summed E-state index contributed by atoms with van der Waals surface area (Å²) in [5.74, 6) is -0.430. The van der Waals surface area contributed by atoms with Gasteiger partial charge in [0.15, 0.2) is 10.3 Å². The van der Waals surface area contributed by atoms with Crippen molar-refractivity contribution in [2.75, 3.05) is 16.0 Å². The molecular weight excluding hydrogens is 452 g/mol. The normalized spacial score (nSPS) is 10.7. The fraction of sp³-hybridized carbons (Fsp3) is 0.100. The van der Waals surface area contributed by atoms with Crippen LogP contribution in [0.4, 0.5) is 26.4 Å². The highest BCUT2D eigenvalue weighted by atomic mass is 32.1. The zero-order valence-electron chi connectivity index (χ0n) is 16.8. The molecule has 162 valence electrons. The molecule has 4 aromatic rings. The minimum Gasteiger partial charge on any atom is -0.308 e. The number of benzene rings is 2. The van der Waals surface area contributed by atoms with Crippen LogP contribution in [0.3, 0.4) is 0 Å². The second kappa shape index (κ2) is 8.69. The summed E-state index contributed by atoms with van der Waals surface area (Å²) in [6, 6.07) is 11.2. The maximum Gasteiger partial charge on any atom is 0.325 e. The molecule has 0 saturated heterocycles. The van der Waals surface area contributed by atoms with Crippen molar-refractivity contribution in [1.29, 1.82) is 0 Å². The largest absolute Gasteiger partial charge is 0.325 e. The Bertz CT molecular complexity index is 1350. The molecule has 10 nitrogen and oxygen atoms in total. The summed E-state index contributed by atoms with van der Waals surface area (Å²) < 4.78 is 0.589. The highest BCUT2D eigenvalue weighted by Gasteiger charge is 2.19. The molecule has 2 heterocycles. The quantitative estimate of drug-likeness (QED) is 0.273. The number of anilines is 3. The van der Waals surface area contributed by atoms with Crippen LogP contribution in [0.15, 0.2) is 42.5 Å². The molecule has 2 aromatic carbocycles. The number of amides is 3. The third kappa shape index (κ3) is 4.71. The van der Waals surface area contributed by atoms with Crippen LogP contribution in [0.25, 0.3) is 10.2 Å². The molecule has 0 spiro atoms. The van der Waals surface area contributed by atoms with Crippen LogP contribution in [-0.4, -0.2) is 26.8 Å². The first-order chi connectivity index (χ1) is 15.3. The van der Waals surface area contributed by atoms with E-state index < -0.39 is 16.9 Å². The number of aryl methyl sites for hydroxylation is 2. The van der Waals surface area contributed by atoms with Crippen molar-refractivity contribution in [3.63, 3.8) is 0 Å². The number of rotatable bonds is 5. The topological polar surface area (TPSA) is 139 Å². The summed E-state index contributed by atoms with van der Waals surface area (Å²) >= 11 is 2.17. The number of hydrogen-bond acceptors (Lipinski definition) is 8. The van der Waals surface area contributed by atoms with Gasteiger partial charge in [-0.15, -0.1) is 0 Å². The van der Waals surface area contributed by atoms with Gasteiger partial charge in [-0.3, -0.25) is 25.5 Å². The third-order valence-corrected chi connectivity index (χ3v) is 6.34. The van der Waals surface area contributed by atoms with Gasteiger partial charge in [0.2, 0.25) is 0 Å². The van der Waals surface area contributed by atoms with E-state index in [1.54, 1.807) is 19.1 Å². The first-order valence-corrected chi connectivity index (χ1v) is 10.9. The lowest BCUT2D eigenvalue weighted by Crippen LogP contribution is -2.19. The zero-order chi connectivity index (χ0) is 22.8. The molecule has 0 aliphatic carbocycles. The van der Waals surface area contributed by atoms with Crippen LogP contribution in [0.2, 0.25) is 0 Å². The van der Waals surface area contributed by atoms with Crippen molar-refractivity contribution < 1.29 is 14.5 Å². The number of nitrogens with zero attached hydrogens (tertiary/aromatic N) is 3. The number of aromatic nitrogens is 2. The minimum atomic E-state index is -0.485. The molecule has 0 bridgehead atoms. The number of fused-ring (bicyclic) bond motifs is 1. The Labute approximate surface area is 189 Å². The first kappa shape index (κ1) is 21.3. The van der Waals surface area contributed by atoms with Gasteiger partial charge in [-0.25, -0.2) is 14.8 Å². The number of hydrogen-bond donors (Lipinski definition) is 3. The molecule has 0 saturated carbocycles. The van der Waals surface area contributed by atoms with Crippen LogP contribution >= 0.6 is 22.7 Å². The zero-order valence-corrected chi connectivity index (χ0v) is 18.5. The molecule has 32 heavy (non-hydrogen) atoms. The van der Waals surface area contributed by atoms with Gasteiger partial charge in [-0.2, -0.15) is 0 Å². The van der Waals surface area contributed by atoms with Crippen molar-refractivity contribution in [2.24, 2.45) is 0 Å². The first-order valence-electron chi connectivity index (χ1n) is 9.27. The van der Waals surface area contributed by atoms with E-state index in [0.717, 1.165) is 28.2 Å². The molecule has 0 radical (unpaired) electrons. The number of thiazole rings is 2. The Balaban J connectivity index is 1.44. The Hall–Kier alpha value is -3.90. The molecule has 4 rings (SSSR count). The summed E-state index contributed by atoms with van der Waals surface area (Å²) in [6.07, 6.45) is 0. The standard InChI is InChI=1S/C20H16N6O4S2/c1-10-3-5-12(6-4-10)22-18(28)25-19-21-11(2)16(32-19)17(27)24-20-23-14-8-7-13(26(29)30)9-15(14)31-20/h3-9H,1-2H3,(H,23,24,27)(H2,21,22,25,28). The Morgan fingerprint density at radius 3 is 2.38 bits per heavy atom. The van der Waals surface area contributed by atoms with Gasteiger partial charge in [0, 0.05) is 17.8 Å². The number of nitro benzene ring substituents is 1. The fourth-order valence-corrected chi connectivity index (χ4v) is 4.54. The van der Waals surface area contributed by atoms with Crippen LogP contribution in [0.5, 0.6) is 0 Å². The van der Waals surface area contributed by atoms with Crippen molar-refractivity contribution in [3.05, 3.63) is 68.7 Å². The van der Waals surface area contributed by atoms with Crippen LogP contribution < -0.4 is 16.0 Å². The monoisotopic (exact) mass is 468 g/mol. The molecule has 3 amide bonds. The third-order valence-electron chi connectivity index (χ3n) is 4.34. The smallest absolute Gasteiger partial charge is 0.308 e. The number of carbonyl (C=O) groups is 2. The molecule has 3 N–H and O–H groups in total. The summed E-state index contributed by atoms with van der Waals surface area (Å²) in [4.78, 5) is 44.2. The lowest BCUT2D eigenvalue weighted by molar-refractivity contribution is -0.384. The second-order valence-electron chi connectivity index (χ2n) is 6.76. The average molecular weight is 469 g/mol. The van der Waals surface area contributed by atoms with E-state index in [1.165, 1.54) is 18.2 Å². The van der Waals surface area contributed by atoms with Gasteiger partial charge in [-0.05, 0) is 32.0 Å². The molecule has 0 atom stereocenters. The van der Waals surface area contributed by atoms with Crippen molar-refractivity contribution >= 4 is 66.5 Å². The summed E-state index contributed by atoms with van der Waals surface area (Å²) in [5, 5.41) is 19.5. The minimum absolute atomic E-state index is 0.0445. The summed E-state index contributed by atoms with van der Waals surface area (Å²) in [5.41, 5.74) is 2.67. The number of urea groups is 1. The van der Waals surface area contributed by atoms with Gasteiger partial charge in [0.25, 0.3) is 11.6 Å². The number of carbonyl (C=O) groups excluding carboxylic acids is 2. The highest BCUT2D eigenvalue weighted by Crippen LogP contribution is 2.30. The van der Waals surface area contributed by atoms with Crippen molar-refractivity contribution in [1.82, 2.24) is 9.97 Å². The van der Waals surface area contributed by atoms with E-state index in [0.29, 0.717) is 31.6 Å². The Morgan fingerprint density at radius 2 is 1.66 bits per heavy atom.